The second-order valence-corrected chi connectivity index (χ2v) is 13.7. The van der Waals surface area contributed by atoms with Gasteiger partial charge in [-0.15, -0.1) is 6.58 Å². The van der Waals surface area contributed by atoms with E-state index < -0.39 is 0 Å². The van der Waals surface area contributed by atoms with Gasteiger partial charge < -0.3 is 0 Å². The van der Waals surface area contributed by atoms with Crippen molar-refractivity contribution < 1.29 is 0 Å². The fraction of sp³-hybridized carbons (Fsp3) is 0.385. The third-order valence-electron chi connectivity index (χ3n) is 9.04. The summed E-state index contributed by atoms with van der Waals surface area (Å²) < 4.78 is 0. The smallest absolute Gasteiger partial charge is 0.0309 e. The normalized spacial score (nSPS) is 16.5. The van der Waals surface area contributed by atoms with Gasteiger partial charge in [0.05, 0.1) is 0 Å². The van der Waals surface area contributed by atoms with E-state index in [0.717, 1.165) is 19.3 Å². The number of fused-ring (bicyclic) bond motifs is 3. The van der Waals surface area contributed by atoms with Crippen LogP contribution in [-0.2, 0) is 16.2 Å². The lowest BCUT2D eigenvalue weighted by molar-refractivity contribution is 0.403. The molecule has 0 saturated carbocycles. The molecule has 0 saturated heterocycles. The third-order valence-corrected chi connectivity index (χ3v) is 9.04. The van der Waals surface area contributed by atoms with Crippen LogP contribution in [-0.4, -0.2) is 0 Å². The summed E-state index contributed by atoms with van der Waals surface area (Å²) in [6.45, 7) is 18.0. The van der Waals surface area contributed by atoms with Crippen molar-refractivity contribution in [1.82, 2.24) is 0 Å². The molecule has 0 heterocycles. The molecule has 0 spiro atoms. The van der Waals surface area contributed by atoms with Crippen LogP contribution in [0.25, 0.3) is 11.1 Å². The zero-order valence-corrected chi connectivity index (χ0v) is 25.0. The monoisotopic (exact) mass is 514 g/mol. The van der Waals surface area contributed by atoms with E-state index in [1.165, 1.54) is 57.4 Å². The molecule has 0 fully saturated rings. The van der Waals surface area contributed by atoms with Gasteiger partial charge in [0.1, 0.15) is 0 Å². The highest BCUT2D eigenvalue weighted by molar-refractivity contribution is 5.82. The minimum absolute atomic E-state index is 0.0941. The number of hydrogen-bond donors (Lipinski definition) is 0. The second kappa shape index (κ2) is 10.5. The van der Waals surface area contributed by atoms with Gasteiger partial charge in [0.25, 0.3) is 0 Å². The topological polar surface area (TPSA) is 0 Å². The number of hydrogen-bond acceptors (Lipinski definition) is 0. The third kappa shape index (κ3) is 5.00. The van der Waals surface area contributed by atoms with E-state index in [0.29, 0.717) is 0 Å². The SMILES string of the molecule is C=CCCCCC(C1=CCC=C1)(c1ccccc1)C1c2cc(C(C)(C)C)ccc2-c2ccc(C(C)(C)C)cc21. The first kappa shape index (κ1) is 27.4. The summed E-state index contributed by atoms with van der Waals surface area (Å²) in [4.78, 5) is 0. The number of allylic oxidation sites excluding steroid dienone is 5. The van der Waals surface area contributed by atoms with Crippen LogP contribution in [0.2, 0.25) is 0 Å². The Morgan fingerprint density at radius 1 is 0.744 bits per heavy atom. The standard InChI is InChI=1S/C39H46/c1-8-9-10-16-25-39(29-19-14-15-20-29,28-17-12-11-13-18-28)36-34-26-30(37(2,3)4)21-23-32(34)33-24-22-31(27-35(33)36)38(5,6)7/h8,11-14,17-24,26-27,36H,1,9-10,15-16,25H2,2-7H3. The van der Waals surface area contributed by atoms with Crippen molar-refractivity contribution in [2.24, 2.45) is 0 Å². The number of benzene rings is 3. The molecule has 0 amide bonds. The van der Waals surface area contributed by atoms with Crippen molar-refractivity contribution in [3.05, 3.63) is 131 Å². The maximum atomic E-state index is 4.01. The van der Waals surface area contributed by atoms with Crippen molar-refractivity contribution >= 4 is 0 Å². The molecule has 39 heavy (non-hydrogen) atoms. The minimum Gasteiger partial charge on any atom is -0.103 e. The van der Waals surface area contributed by atoms with Crippen LogP contribution in [0.1, 0.15) is 107 Å². The fourth-order valence-electron chi connectivity index (χ4n) is 6.88. The predicted molar refractivity (Wildman–Crippen MR) is 170 cm³/mol. The van der Waals surface area contributed by atoms with Crippen LogP contribution in [0.15, 0.2) is 103 Å². The lowest BCUT2D eigenvalue weighted by Crippen LogP contribution is -2.35. The molecule has 0 nitrogen and oxygen atoms in total. The molecule has 2 aliphatic rings. The zero-order valence-electron chi connectivity index (χ0n) is 25.0. The zero-order chi connectivity index (χ0) is 27.8. The van der Waals surface area contributed by atoms with Gasteiger partial charge in [0, 0.05) is 11.3 Å². The van der Waals surface area contributed by atoms with E-state index in [1.807, 2.05) is 0 Å². The van der Waals surface area contributed by atoms with Gasteiger partial charge in [-0.3, -0.25) is 0 Å². The Balaban J connectivity index is 1.84. The van der Waals surface area contributed by atoms with Gasteiger partial charge in [-0.25, -0.2) is 0 Å². The molecule has 0 heteroatoms. The van der Waals surface area contributed by atoms with Crippen molar-refractivity contribution in [3.8, 4) is 11.1 Å². The van der Waals surface area contributed by atoms with E-state index in [-0.39, 0.29) is 22.2 Å². The first-order valence-electron chi connectivity index (χ1n) is 14.9. The Morgan fingerprint density at radius 2 is 1.33 bits per heavy atom. The minimum atomic E-state index is -0.136. The highest BCUT2D eigenvalue weighted by Crippen LogP contribution is 2.60. The highest BCUT2D eigenvalue weighted by atomic mass is 14.5. The summed E-state index contributed by atoms with van der Waals surface area (Å²) in [6.07, 6.45) is 14.9. The summed E-state index contributed by atoms with van der Waals surface area (Å²) in [5.74, 6) is 0.257. The van der Waals surface area contributed by atoms with E-state index in [9.17, 15) is 0 Å². The number of unbranched alkanes of at least 4 members (excludes halogenated alkanes) is 2. The van der Waals surface area contributed by atoms with Crippen molar-refractivity contribution in [2.75, 3.05) is 0 Å². The molecular formula is C39H46. The van der Waals surface area contributed by atoms with Crippen LogP contribution in [0.5, 0.6) is 0 Å². The Labute approximate surface area is 237 Å². The molecule has 0 aliphatic heterocycles. The first-order chi connectivity index (χ1) is 18.6. The summed E-state index contributed by atoms with van der Waals surface area (Å²) in [5.41, 5.74) is 11.6. The Bertz CT molecular complexity index is 1340. The van der Waals surface area contributed by atoms with Gasteiger partial charge in [-0.05, 0) is 81.0 Å². The van der Waals surface area contributed by atoms with Gasteiger partial charge in [0.15, 0.2) is 0 Å². The van der Waals surface area contributed by atoms with Gasteiger partial charge in [-0.1, -0.05) is 139 Å². The summed E-state index contributed by atoms with van der Waals surface area (Å²) >= 11 is 0. The molecule has 1 unspecified atom stereocenters. The van der Waals surface area contributed by atoms with Crippen LogP contribution < -0.4 is 0 Å². The van der Waals surface area contributed by atoms with Crippen LogP contribution >= 0.6 is 0 Å². The van der Waals surface area contributed by atoms with E-state index >= 15 is 0 Å². The first-order valence-corrected chi connectivity index (χ1v) is 14.9. The maximum Gasteiger partial charge on any atom is 0.0309 e. The van der Waals surface area contributed by atoms with Gasteiger partial charge >= 0.3 is 0 Å². The Kier molecular flexibility index (Phi) is 7.36. The summed E-state index contributed by atoms with van der Waals surface area (Å²) in [5, 5.41) is 0. The van der Waals surface area contributed by atoms with Crippen molar-refractivity contribution in [3.63, 3.8) is 0 Å². The molecule has 0 aromatic heterocycles. The van der Waals surface area contributed by atoms with Gasteiger partial charge in [0.2, 0.25) is 0 Å². The molecule has 202 valence electrons. The largest absolute Gasteiger partial charge is 0.103 e. The van der Waals surface area contributed by atoms with E-state index in [4.69, 9.17) is 0 Å². The maximum absolute atomic E-state index is 4.01. The molecule has 5 rings (SSSR count). The number of rotatable bonds is 8. The van der Waals surface area contributed by atoms with Crippen molar-refractivity contribution in [2.45, 2.75) is 95.8 Å². The average molecular weight is 515 g/mol. The molecular weight excluding hydrogens is 468 g/mol. The average Bonchev–Trinajstić information content (AvgIpc) is 3.55. The summed E-state index contributed by atoms with van der Waals surface area (Å²) in [6, 6.07) is 26.1. The quantitative estimate of drug-likeness (QED) is 0.207. The lowest BCUT2D eigenvalue weighted by Gasteiger charge is -2.43. The summed E-state index contributed by atoms with van der Waals surface area (Å²) in [7, 11) is 0. The van der Waals surface area contributed by atoms with E-state index in [1.54, 1.807) is 0 Å². The molecule has 1 atom stereocenters. The van der Waals surface area contributed by atoms with E-state index in [2.05, 4.69) is 139 Å². The van der Waals surface area contributed by atoms with Crippen LogP contribution in [0.3, 0.4) is 0 Å². The molecule has 3 aromatic carbocycles. The predicted octanol–water partition coefficient (Wildman–Crippen LogP) is 11.0. The second-order valence-electron chi connectivity index (χ2n) is 13.7. The van der Waals surface area contributed by atoms with Gasteiger partial charge in [-0.2, -0.15) is 0 Å². The molecule has 3 aromatic rings. The molecule has 0 radical (unpaired) electrons. The molecule has 2 aliphatic carbocycles. The Morgan fingerprint density at radius 3 is 1.82 bits per heavy atom. The lowest BCUT2D eigenvalue weighted by atomic mass is 9.59. The van der Waals surface area contributed by atoms with Crippen LogP contribution in [0, 0.1) is 0 Å². The van der Waals surface area contributed by atoms with Crippen LogP contribution in [0.4, 0.5) is 0 Å². The Hall–Kier alpha value is -3.12. The fourth-order valence-corrected chi connectivity index (χ4v) is 6.88. The molecule has 0 bridgehead atoms. The highest BCUT2D eigenvalue weighted by Gasteiger charge is 2.48. The van der Waals surface area contributed by atoms with Crippen molar-refractivity contribution in [1.29, 1.82) is 0 Å². The molecule has 0 N–H and O–H groups in total.